The highest BCUT2D eigenvalue weighted by Gasteiger charge is 2.05. The van der Waals surface area contributed by atoms with Crippen LogP contribution in [-0.4, -0.2) is 24.4 Å². The Kier molecular flexibility index (Phi) is 4.88. The second-order valence-electron chi connectivity index (χ2n) is 3.52. The van der Waals surface area contributed by atoms with Crippen LogP contribution < -0.4 is 10.5 Å². The molecule has 0 spiro atoms. The topological polar surface area (TPSA) is 55.5 Å². The van der Waals surface area contributed by atoms with Crippen LogP contribution in [0, 0.1) is 6.92 Å². The molecule has 0 aliphatic heterocycles. The number of aliphatic hydroxyl groups is 1. The SMILES string of the molecule is Cc1ccc(OCC(N)CCO)c(Cl)c1. The van der Waals surface area contributed by atoms with Gasteiger partial charge < -0.3 is 15.6 Å². The lowest BCUT2D eigenvalue weighted by atomic mass is 10.2. The maximum absolute atomic E-state index is 8.66. The summed E-state index contributed by atoms with van der Waals surface area (Å²) in [6.07, 6.45) is 0.531. The van der Waals surface area contributed by atoms with Crippen LogP contribution in [0.15, 0.2) is 18.2 Å². The van der Waals surface area contributed by atoms with Gasteiger partial charge in [0, 0.05) is 12.6 Å². The summed E-state index contributed by atoms with van der Waals surface area (Å²) in [5.41, 5.74) is 6.77. The van der Waals surface area contributed by atoms with Gasteiger partial charge in [0.15, 0.2) is 0 Å². The van der Waals surface area contributed by atoms with E-state index in [0.717, 1.165) is 5.56 Å². The summed E-state index contributed by atoms with van der Waals surface area (Å²) in [6, 6.07) is 5.43. The van der Waals surface area contributed by atoms with Gasteiger partial charge in [0.2, 0.25) is 0 Å². The Bertz CT molecular complexity index is 317. The average molecular weight is 230 g/mol. The van der Waals surface area contributed by atoms with Crippen molar-refractivity contribution in [1.29, 1.82) is 0 Å². The number of halogens is 1. The Morgan fingerprint density at radius 2 is 2.27 bits per heavy atom. The van der Waals surface area contributed by atoms with E-state index >= 15 is 0 Å². The maximum Gasteiger partial charge on any atom is 0.137 e. The van der Waals surface area contributed by atoms with Crippen LogP contribution in [0.4, 0.5) is 0 Å². The molecule has 84 valence electrons. The minimum atomic E-state index is -0.160. The third-order valence-corrected chi connectivity index (χ3v) is 2.34. The van der Waals surface area contributed by atoms with E-state index in [0.29, 0.717) is 23.8 Å². The van der Waals surface area contributed by atoms with Gasteiger partial charge in [0.25, 0.3) is 0 Å². The molecule has 0 heterocycles. The molecule has 1 unspecified atom stereocenters. The van der Waals surface area contributed by atoms with Crippen molar-refractivity contribution in [3.05, 3.63) is 28.8 Å². The first-order chi connectivity index (χ1) is 7.13. The predicted molar refractivity (Wildman–Crippen MR) is 61.4 cm³/mol. The molecule has 0 radical (unpaired) electrons. The van der Waals surface area contributed by atoms with Crippen molar-refractivity contribution in [3.63, 3.8) is 0 Å². The molecule has 0 amide bonds. The van der Waals surface area contributed by atoms with Crippen molar-refractivity contribution in [2.45, 2.75) is 19.4 Å². The normalized spacial score (nSPS) is 12.5. The van der Waals surface area contributed by atoms with E-state index in [1.165, 1.54) is 0 Å². The Morgan fingerprint density at radius 1 is 1.53 bits per heavy atom. The first kappa shape index (κ1) is 12.3. The smallest absolute Gasteiger partial charge is 0.137 e. The number of rotatable bonds is 5. The molecule has 1 atom stereocenters. The second kappa shape index (κ2) is 5.95. The minimum absolute atomic E-state index is 0.0756. The predicted octanol–water partition coefficient (Wildman–Crippen LogP) is 1.74. The molecule has 1 aromatic rings. The molecule has 0 aliphatic carbocycles. The van der Waals surface area contributed by atoms with Gasteiger partial charge in [-0.3, -0.25) is 0 Å². The Morgan fingerprint density at radius 3 is 2.87 bits per heavy atom. The fourth-order valence-corrected chi connectivity index (χ4v) is 1.46. The molecule has 0 fully saturated rings. The Labute approximate surface area is 94.8 Å². The minimum Gasteiger partial charge on any atom is -0.490 e. The van der Waals surface area contributed by atoms with E-state index in [1.54, 1.807) is 0 Å². The molecule has 0 bridgehead atoms. The zero-order chi connectivity index (χ0) is 11.3. The molecule has 0 saturated carbocycles. The third-order valence-electron chi connectivity index (χ3n) is 2.04. The highest BCUT2D eigenvalue weighted by molar-refractivity contribution is 6.32. The summed E-state index contributed by atoms with van der Waals surface area (Å²) in [5.74, 6) is 0.635. The Balaban J connectivity index is 2.50. The van der Waals surface area contributed by atoms with Crippen LogP contribution >= 0.6 is 11.6 Å². The highest BCUT2D eigenvalue weighted by atomic mass is 35.5. The molecule has 0 saturated heterocycles. The summed E-state index contributed by atoms with van der Waals surface area (Å²) >= 11 is 5.97. The van der Waals surface area contributed by atoms with Gasteiger partial charge in [-0.2, -0.15) is 0 Å². The molecular weight excluding hydrogens is 214 g/mol. The molecule has 1 aromatic carbocycles. The second-order valence-corrected chi connectivity index (χ2v) is 3.92. The average Bonchev–Trinajstić information content (AvgIpc) is 2.17. The van der Waals surface area contributed by atoms with Crippen LogP contribution in [0.25, 0.3) is 0 Å². The van der Waals surface area contributed by atoms with Crippen molar-refractivity contribution in [2.75, 3.05) is 13.2 Å². The fourth-order valence-electron chi connectivity index (χ4n) is 1.17. The lowest BCUT2D eigenvalue weighted by molar-refractivity contribution is 0.233. The van der Waals surface area contributed by atoms with E-state index in [2.05, 4.69) is 0 Å². The van der Waals surface area contributed by atoms with Gasteiger partial charge >= 0.3 is 0 Å². The standard InChI is InChI=1S/C11H16ClNO2/c1-8-2-3-11(10(12)6-8)15-7-9(13)4-5-14/h2-3,6,9,14H,4-5,7,13H2,1H3. The number of benzene rings is 1. The first-order valence-corrected chi connectivity index (χ1v) is 5.26. The molecule has 3 N–H and O–H groups in total. The summed E-state index contributed by atoms with van der Waals surface area (Å²) in [7, 11) is 0. The van der Waals surface area contributed by atoms with Gasteiger partial charge in [0.05, 0.1) is 5.02 Å². The number of hydrogen-bond acceptors (Lipinski definition) is 3. The zero-order valence-corrected chi connectivity index (χ0v) is 9.50. The quantitative estimate of drug-likeness (QED) is 0.809. The van der Waals surface area contributed by atoms with E-state index < -0.39 is 0 Å². The van der Waals surface area contributed by atoms with E-state index in [1.807, 2.05) is 25.1 Å². The van der Waals surface area contributed by atoms with Crippen molar-refractivity contribution in [2.24, 2.45) is 5.73 Å². The van der Waals surface area contributed by atoms with Crippen molar-refractivity contribution in [1.82, 2.24) is 0 Å². The number of nitrogens with two attached hydrogens (primary N) is 1. The highest BCUT2D eigenvalue weighted by Crippen LogP contribution is 2.25. The molecule has 3 nitrogen and oxygen atoms in total. The Hall–Kier alpha value is -0.770. The van der Waals surface area contributed by atoms with Gasteiger partial charge in [-0.15, -0.1) is 0 Å². The summed E-state index contributed by atoms with van der Waals surface area (Å²) in [4.78, 5) is 0. The van der Waals surface area contributed by atoms with Gasteiger partial charge in [0.1, 0.15) is 12.4 Å². The van der Waals surface area contributed by atoms with Gasteiger partial charge in [-0.05, 0) is 31.0 Å². The van der Waals surface area contributed by atoms with Gasteiger partial charge in [-0.25, -0.2) is 0 Å². The number of ether oxygens (including phenoxy) is 1. The van der Waals surface area contributed by atoms with Crippen molar-refractivity contribution in [3.8, 4) is 5.75 Å². The fraction of sp³-hybridized carbons (Fsp3) is 0.455. The first-order valence-electron chi connectivity index (χ1n) is 4.89. The molecular formula is C11H16ClNO2. The molecule has 0 aromatic heterocycles. The number of aliphatic hydroxyl groups excluding tert-OH is 1. The molecule has 15 heavy (non-hydrogen) atoms. The summed E-state index contributed by atoms with van der Waals surface area (Å²) in [6.45, 7) is 2.41. The number of aryl methyl sites for hydroxylation is 1. The molecule has 1 rings (SSSR count). The van der Waals surface area contributed by atoms with Crippen LogP contribution in [0.5, 0.6) is 5.75 Å². The van der Waals surface area contributed by atoms with Gasteiger partial charge in [-0.1, -0.05) is 17.7 Å². The van der Waals surface area contributed by atoms with Crippen molar-refractivity contribution < 1.29 is 9.84 Å². The third kappa shape index (κ3) is 4.08. The van der Waals surface area contributed by atoms with Crippen LogP contribution in [0.2, 0.25) is 5.02 Å². The van der Waals surface area contributed by atoms with E-state index in [9.17, 15) is 0 Å². The lowest BCUT2D eigenvalue weighted by Crippen LogP contribution is -2.28. The van der Waals surface area contributed by atoms with E-state index in [-0.39, 0.29) is 12.6 Å². The lowest BCUT2D eigenvalue weighted by Gasteiger charge is -2.13. The monoisotopic (exact) mass is 229 g/mol. The van der Waals surface area contributed by atoms with Crippen LogP contribution in [0.3, 0.4) is 0 Å². The summed E-state index contributed by atoms with van der Waals surface area (Å²) < 4.78 is 5.44. The van der Waals surface area contributed by atoms with Crippen LogP contribution in [-0.2, 0) is 0 Å². The van der Waals surface area contributed by atoms with E-state index in [4.69, 9.17) is 27.2 Å². The van der Waals surface area contributed by atoms with Crippen molar-refractivity contribution >= 4 is 11.6 Å². The zero-order valence-electron chi connectivity index (χ0n) is 8.74. The molecule has 0 aliphatic rings. The maximum atomic E-state index is 8.66. The molecule has 4 heteroatoms. The van der Waals surface area contributed by atoms with Crippen LogP contribution in [0.1, 0.15) is 12.0 Å². The number of hydrogen-bond donors (Lipinski definition) is 2. The largest absolute Gasteiger partial charge is 0.490 e. The summed E-state index contributed by atoms with van der Waals surface area (Å²) in [5, 5.41) is 9.25.